The molecular formula is C15H9BrF2O. The van der Waals surface area contributed by atoms with E-state index in [2.05, 4.69) is 15.9 Å². The summed E-state index contributed by atoms with van der Waals surface area (Å²) < 4.78 is 27.2. The predicted molar refractivity (Wildman–Crippen MR) is 73.9 cm³/mol. The molecule has 96 valence electrons. The first-order valence-electron chi connectivity index (χ1n) is 5.49. The molecule has 0 aliphatic rings. The van der Waals surface area contributed by atoms with E-state index in [1.807, 2.05) is 0 Å². The Bertz CT molecular complexity index is 633. The molecule has 0 saturated carbocycles. The van der Waals surface area contributed by atoms with Crippen LogP contribution in [0.2, 0.25) is 0 Å². The average molecular weight is 323 g/mol. The summed E-state index contributed by atoms with van der Waals surface area (Å²) in [6.07, 6.45) is 2.49. The van der Waals surface area contributed by atoms with Crippen LogP contribution >= 0.6 is 15.9 Å². The van der Waals surface area contributed by atoms with Gasteiger partial charge in [-0.2, -0.15) is 0 Å². The minimum absolute atomic E-state index is 0.0467. The smallest absolute Gasteiger partial charge is 0.185 e. The molecular weight excluding hydrogens is 314 g/mol. The van der Waals surface area contributed by atoms with Gasteiger partial charge < -0.3 is 0 Å². The fraction of sp³-hybridized carbons (Fsp3) is 0. The van der Waals surface area contributed by atoms with Crippen LogP contribution in [0.15, 0.2) is 53.0 Å². The van der Waals surface area contributed by atoms with Gasteiger partial charge in [0.25, 0.3) is 0 Å². The van der Waals surface area contributed by atoms with E-state index < -0.39 is 11.6 Å². The predicted octanol–water partition coefficient (Wildman–Crippen LogP) is 4.62. The second-order valence-corrected chi connectivity index (χ2v) is 4.79. The summed E-state index contributed by atoms with van der Waals surface area (Å²) in [5.41, 5.74) is 0.529. The first-order chi connectivity index (χ1) is 9.06. The summed E-state index contributed by atoms with van der Waals surface area (Å²) in [6, 6.07) is 9.88. The van der Waals surface area contributed by atoms with Gasteiger partial charge in [-0.25, -0.2) is 8.78 Å². The normalized spacial score (nSPS) is 10.9. The summed E-state index contributed by atoms with van der Waals surface area (Å²) in [7, 11) is 0. The monoisotopic (exact) mass is 322 g/mol. The maximum atomic E-state index is 13.3. The lowest BCUT2D eigenvalue weighted by Crippen LogP contribution is -1.93. The van der Waals surface area contributed by atoms with E-state index in [1.54, 1.807) is 24.3 Å². The second-order valence-electron chi connectivity index (χ2n) is 3.87. The number of carbonyl (C=O) groups is 1. The Morgan fingerprint density at radius 2 is 1.74 bits per heavy atom. The first-order valence-corrected chi connectivity index (χ1v) is 6.28. The third-order valence-corrected chi connectivity index (χ3v) is 3.03. The van der Waals surface area contributed by atoms with Gasteiger partial charge >= 0.3 is 0 Å². The third kappa shape index (κ3) is 3.58. The Hall–Kier alpha value is -1.81. The highest BCUT2D eigenvalue weighted by atomic mass is 79.9. The van der Waals surface area contributed by atoms with Crippen LogP contribution in [-0.4, -0.2) is 5.78 Å². The summed E-state index contributed by atoms with van der Waals surface area (Å²) >= 11 is 3.27. The molecule has 0 amide bonds. The molecule has 0 N–H and O–H groups in total. The van der Waals surface area contributed by atoms with Crippen molar-refractivity contribution in [1.82, 2.24) is 0 Å². The van der Waals surface area contributed by atoms with Crippen LogP contribution in [0.5, 0.6) is 0 Å². The number of rotatable bonds is 3. The molecule has 0 spiro atoms. The molecule has 1 nitrogen and oxygen atoms in total. The van der Waals surface area contributed by atoms with Crippen molar-refractivity contribution >= 4 is 27.8 Å². The van der Waals surface area contributed by atoms with Crippen molar-refractivity contribution in [2.45, 2.75) is 0 Å². The molecule has 0 fully saturated rings. The molecule has 4 heteroatoms. The van der Waals surface area contributed by atoms with Crippen molar-refractivity contribution < 1.29 is 13.6 Å². The summed E-state index contributed by atoms with van der Waals surface area (Å²) in [6.45, 7) is 0. The van der Waals surface area contributed by atoms with Crippen molar-refractivity contribution in [3.05, 3.63) is 75.8 Å². The summed E-state index contributed by atoms with van der Waals surface area (Å²) in [5.74, 6) is -1.38. The van der Waals surface area contributed by atoms with Crippen molar-refractivity contribution in [2.24, 2.45) is 0 Å². The first kappa shape index (κ1) is 13.6. The third-order valence-electron chi connectivity index (χ3n) is 2.50. The molecule has 0 radical (unpaired) electrons. The van der Waals surface area contributed by atoms with Crippen LogP contribution < -0.4 is 0 Å². The van der Waals surface area contributed by atoms with Gasteiger partial charge in [0.1, 0.15) is 11.6 Å². The highest BCUT2D eigenvalue weighted by Crippen LogP contribution is 2.14. The van der Waals surface area contributed by atoms with Crippen LogP contribution in [0.4, 0.5) is 8.78 Å². The zero-order chi connectivity index (χ0) is 13.8. The Labute approximate surface area is 117 Å². The molecule has 0 bridgehead atoms. The molecule has 0 heterocycles. The topological polar surface area (TPSA) is 17.1 Å². The van der Waals surface area contributed by atoms with Crippen molar-refractivity contribution in [3.8, 4) is 0 Å². The molecule has 19 heavy (non-hydrogen) atoms. The van der Waals surface area contributed by atoms with E-state index in [0.717, 1.165) is 22.7 Å². The summed E-state index contributed by atoms with van der Waals surface area (Å²) in [4.78, 5) is 11.8. The molecule has 2 aromatic carbocycles. The van der Waals surface area contributed by atoms with Crippen LogP contribution in [0.1, 0.15) is 15.9 Å². The maximum absolute atomic E-state index is 13.3. The molecule has 2 aromatic rings. The van der Waals surface area contributed by atoms with Gasteiger partial charge in [0.15, 0.2) is 5.78 Å². The van der Waals surface area contributed by atoms with Crippen molar-refractivity contribution in [2.75, 3.05) is 0 Å². The Morgan fingerprint density at radius 3 is 2.42 bits per heavy atom. The minimum atomic E-state index is -0.568. The molecule has 0 saturated heterocycles. The molecule has 0 aliphatic carbocycles. The van der Waals surface area contributed by atoms with Crippen LogP contribution in [-0.2, 0) is 0 Å². The van der Waals surface area contributed by atoms with E-state index in [0.29, 0.717) is 5.56 Å². The number of hydrogen-bond donors (Lipinski definition) is 0. The Morgan fingerprint density at radius 1 is 1.05 bits per heavy atom. The zero-order valence-electron chi connectivity index (χ0n) is 9.74. The molecule has 0 aliphatic heterocycles. The lowest BCUT2D eigenvalue weighted by molar-refractivity contribution is 0.104. The largest absolute Gasteiger partial charge is 0.289 e. The van der Waals surface area contributed by atoms with E-state index >= 15 is 0 Å². The minimum Gasteiger partial charge on any atom is -0.289 e. The quantitative estimate of drug-likeness (QED) is 0.595. The van der Waals surface area contributed by atoms with Gasteiger partial charge in [-0.1, -0.05) is 15.9 Å². The standard InChI is InChI=1S/C15H9BrF2O/c16-12-4-1-10(2-5-12)15(19)8-3-11-9-13(17)6-7-14(11)18/h1-9H. The van der Waals surface area contributed by atoms with Gasteiger partial charge in [-0.05, 0) is 54.6 Å². The number of benzene rings is 2. The number of halogens is 3. The molecule has 0 atom stereocenters. The fourth-order valence-corrected chi connectivity index (χ4v) is 1.78. The lowest BCUT2D eigenvalue weighted by atomic mass is 10.1. The summed E-state index contributed by atoms with van der Waals surface area (Å²) in [5, 5.41) is 0. The second kappa shape index (κ2) is 5.89. The van der Waals surface area contributed by atoms with Gasteiger partial charge in [0.2, 0.25) is 0 Å². The van der Waals surface area contributed by atoms with Crippen LogP contribution in [0.3, 0.4) is 0 Å². The van der Waals surface area contributed by atoms with Gasteiger partial charge in [0.05, 0.1) is 0 Å². The van der Waals surface area contributed by atoms with E-state index in [4.69, 9.17) is 0 Å². The molecule has 0 unspecified atom stereocenters. The van der Waals surface area contributed by atoms with E-state index in [1.165, 1.54) is 12.2 Å². The number of hydrogen-bond acceptors (Lipinski definition) is 1. The average Bonchev–Trinajstić information content (AvgIpc) is 2.40. The van der Waals surface area contributed by atoms with Gasteiger partial charge in [-0.3, -0.25) is 4.79 Å². The Kier molecular flexibility index (Phi) is 4.22. The van der Waals surface area contributed by atoms with Crippen molar-refractivity contribution in [3.63, 3.8) is 0 Å². The van der Waals surface area contributed by atoms with Crippen LogP contribution in [0.25, 0.3) is 6.08 Å². The number of carbonyl (C=O) groups excluding carboxylic acids is 1. The highest BCUT2D eigenvalue weighted by molar-refractivity contribution is 9.10. The Balaban J connectivity index is 2.20. The maximum Gasteiger partial charge on any atom is 0.185 e. The van der Waals surface area contributed by atoms with E-state index in [9.17, 15) is 13.6 Å². The van der Waals surface area contributed by atoms with Crippen LogP contribution in [0, 0.1) is 11.6 Å². The van der Waals surface area contributed by atoms with E-state index in [-0.39, 0.29) is 11.3 Å². The number of allylic oxidation sites excluding steroid dienone is 1. The highest BCUT2D eigenvalue weighted by Gasteiger charge is 2.03. The molecule has 2 rings (SSSR count). The lowest BCUT2D eigenvalue weighted by Gasteiger charge is -1.98. The fourth-order valence-electron chi connectivity index (χ4n) is 1.52. The number of ketones is 1. The van der Waals surface area contributed by atoms with Gasteiger partial charge in [0, 0.05) is 15.6 Å². The molecule has 0 aromatic heterocycles. The van der Waals surface area contributed by atoms with Gasteiger partial charge in [-0.15, -0.1) is 0 Å². The van der Waals surface area contributed by atoms with Crippen molar-refractivity contribution in [1.29, 1.82) is 0 Å². The SMILES string of the molecule is O=C(C=Cc1cc(F)ccc1F)c1ccc(Br)cc1. The zero-order valence-corrected chi connectivity index (χ0v) is 11.3.